The van der Waals surface area contributed by atoms with Gasteiger partial charge >= 0.3 is 0 Å². The molecule has 2 aliphatic rings. The van der Waals surface area contributed by atoms with Crippen molar-refractivity contribution in [3.8, 4) is 0 Å². The van der Waals surface area contributed by atoms with E-state index in [1.54, 1.807) is 0 Å². The SMILES string of the molecule is OC(CCC1CCCC1)CSC1CCCCC1. The van der Waals surface area contributed by atoms with Crippen LogP contribution in [0.4, 0.5) is 0 Å². The van der Waals surface area contributed by atoms with Gasteiger partial charge in [0.1, 0.15) is 0 Å². The van der Waals surface area contributed by atoms with Gasteiger partial charge in [0.25, 0.3) is 0 Å². The smallest absolute Gasteiger partial charge is 0.0630 e. The summed E-state index contributed by atoms with van der Waals surface area (Å²) in [5.74, 6) is 1.92. The van der Waals surface area contributed by atoms with Crippen molar-refractivity contribution in [2.24, 2.45) is 5.92 Å². The Morgan fingerprint density at radius 2 is 1.59 bits per heavy atom. The fourth-order valence-electron chi connectivity index (χ4n) is 3.29. The molecule has 2 saturated carbocycles. The lowest BCUT2D eigenvalue weighted by atomic mass is 10.00. The minimum Gasteiger partial charge on any atom is -0.392 e. The highest BCUT2D eigenvalue weighted by atomic mass is 32.2. The van der Waals surface area contributed by atoms with Crippen molar-refractivity contribution in [3.63, 3.8) is 0 Å². The van der Waals surface area contributed by atoms with Crippen molar-refractivity contribution in [1.82, 2.24) is 0 Å². The van der Waals surface area contributed by atoms with Crippen LogP contribution in [0, 0.1) is 5.92 Å². The summed E-state index contributed by atoms with van der Waals surface area (Å²) in [6, 6.07) is 0. The van der Waals surface area contributed by atoms with E-state index < -0.39 is 0 Å². The van der Waals surface area contributed by atoms with E-state index in [-0.39, 0.29) is 6.10 Å². The van der Waals surface area contributed by atoms with Crippen LogP contribution in [0.2, 0.25) is 0 Å². The Morgan fingerprint density at radius 1 is 0.941 bits per heavy atom. The fourth-order valence-corrected chi connectivity index (χ4v) is 4.62. The average Bonchev–Trinajstić information content (AvgIpc) is 2.88. The number of hydrogen-bond acceptors (Lipinski definition) is 2. The summed E-state index contributed by atoms with van der Waals surface area (Å²) in [6.45, 7) is 0. The van der Waals surface area contributed by atoms with E-state index in [9.17, 15) is 5.11 Å². The number of hydrogen-bond donors (Lipinski definition) is 1. The molecule has 1 N–H and O–H groups in total. The molecule has 0 aromatic carbocycles. The van der Waals surface area contributed by atoms with Crippen molar-refractivity contribution in [2.75, 3.05) is 5.75 Å². The summed E-state index contributed by atoms with van der Waals surface area (Å²) in [7, 11) is 0. The number of aliphatic hydroxyl groups is 1. The minimum atomic E-state index is -0.0393. The molecule has 1 atom stereocenters. The van der Waals surface area contributed by atoms with Gasteiger partial charge in [-0.15, -0.1) is 0 Å². The molecule has 1 nitrogen and oxygen atoms in total. The molecular formula is C15H28OS. The van der Waals surface area contributed by atoms with Crippen LogP contribution in [0.15, 0.2) is 0 Å². The van der Waals surface area contributed by atoms with Gasteiger partial charge in [0.15, 0.2) is 0 Å². The molecule has 0 spiro atoms. The van der Waals surface area contributed by atoms with E-state index in [2.05, 4.69) is 0 Å². The molecule has 2 aliphatic carbocycles. The van der Waals surface area contributed by atoms with Gasteiger partial charge in [0.2, 0.25) is 0 Å². The highest BCUT2D eigenvalue weighted by Crippen LogP contribution is 2.31. The van der Waals surface area contributed by atoms with Gasteiger partial charge in [0, 0.05) is 11.0 Å². The first-order valence-electron chi connectivity index (χ1n) is 7.64. The van der Waals surface area contributed by atoms with Crippen LogP contribution in [0.5, 0.6) is 0 Å². The van der Waals surface area contributed by atoms with Crippen LogP contribution in [0.3, 0.4) is 0 Å². The lowest BCUT2D eigenvalue weighted by Crippen LogP contribution is -2.16. The van der Waals surface area contributed by atoms with E-state index in [0.29, 0.717) is 0 Å². The van der Waals surface area contributed by atoms with Crippen molar-refractivity contribution in [3.05, 3.63) is 0 Å². The molecular weight excluding hydrogens is 228 g/mol. The second kappa shape index (κ2) is 7.68. The highest BCUT2D eigenvalue weighted by molar-refractivity contribution is 7.99. The Bertz CT molecular complexity index is 195. The zero-order chi connectivity index (χ0) is 11.9. The summed E-state index contributed by atoms with van der Waals surface area (Å²) in [4.78, 5) is 0. The van der Waals surface area contributed by atoms with E-state index in [0.717, 1.165) is 23.3 Å². The molecule has 2 rings (SSSR count). The van der Waals surface area contributed by atoms with Crippen LogP contribution < -0.4 is 0 Å². The third kappa shape index (κ3) is 5.21. The normalized spacial score (nSPS) is 25.2. The highest BCUT2D eigenvalue weighted by Gasteiger charge is 2.18. The standard InChI is InChI=1S/C15H28OS/c16-14(11-10-13-6-4-5-7-13)12-17-15-8-2-1-3-9-15/h13-16H,1-12H2. The van der Waals surface area contributed by atoms with Gasteiger partial charge in [-0.05, 0) is 31.6 Å². The summed E-state index contributed by atoms with van der Waals surface area (Å²) in [5.41, 5.74) is 0. The zero-order valence-electron chi connectivity index (χ0n) is 11.1. The summed E-state index contributed by atoms with van der Waals surface area (Å²) >= 11 is 2.04. The number of thioether (sulfide) groups is 1. The van der Waals surface area contributed by atoms with Gasteiger partial charge in [-0.3, -0.25) is 0 Å². The molecule has 2 fully saturated rings. The van der Waals surface area contributed by atoms with Crippen LogP contribution >= 0.6 is 11.8 Å². The van der Waals surface area contributed by atoms with Crippen LogP contribution in [-0.2, 0) is 0 Å². The lowest BCUT2D eigenvalue weighted by molar-refractivity contribution is 0.178. The first-order chi connectivity index (χ1) is 8.34. The van der Waals surface area contributed by atoms with E-state index in [1.807, 2.05) is 11.8 Å². The maximum absolute atomic E-state index is 10.0. The molecule has 0 aromatic heterocycles. The quantitative estimate of drug-likeness (QED) is 0.761. The van der Waals surface area contributed by atoms with Crippen LogP contribution in [0.1, 0.15) is 70.6 Å². The lowest BCUT2D eigenvalue weighted by Gasteiger charge is -2.22. The Morgan fingerprint density at radius 3 is 2.29 bits per heavy atom. The second-order valence-corrected chi connectivity index (χ2v) is 7.31. The molecule has 17 heavy (non-hydrogen) atoms. The third-order valence-electron chi connectivity index (χ3n) is 4.46. The zero-order valence-corrected chi connectivity index (χ0v) is 11.9. The van der Waals surface area contributed by atoms with E-state index >= 15 is 0 Å². The molecule has 0 bridgehead atoms. The molecule has 0 amide bonds. The van der Waals surface area contributed by atoms with Crippen molar-refractivity contribution < 1.29 is 5.11 Å². The fraction of sp³-hybridized carbons (Fsp3) is 1.00. The minimum absolute atomic E-state index is 0.0393. The Labute approximate surface area is 111 Å². The second-order valence-electron chi connectivity index (χ2n) is 5.98. The maximum atomic E-state index is 10.0. The topological polar surface area (TPSA) is 20.2 Å². The van der Waals surface area contributed by atoms with Crippen molar-refractivity contribution in [2.45, 2.75) is 82.0 Å². The van der Waals surface area contributed by atoms with Gasteiger partial charge in [-0.1, -0.05) is 44.9 Å². The summed E-state index contributed by atoms with van der Waals surface area (Å²) in [6.07, 6.45) is 15.0. The van der Waals surface area contributed by atoms with E-state index in [4.69, 9.17) is 0 Å². The Hall–Kier alpha value is 0.310. The molecule has 0 radical (unpaired) electrons. The molecule has 100 valence electrons. The molecule has 1 unspecified atom stereocenters. The predicted molar refractivity (Wildman–Crippen MR) is 76.5 cm³/mol. The Balaban J connectivity index is 1.52. The maximum Gasteiger partial charge on any atom is 0.0630 e. The average molecular weight is 256 g/mol. The number of aliphatic hydroxyl groups excluding tert-OH is 1. The predicted octanol–water partition coefficient (Wildman–Crippen LogP) is 4.38. The largest absolute Gasteiger partial charge is 0.392 e. The van der Waals surface area contributed by atoms with Gasteiger partial charge in [-0.2, -0.15) is 11.8 Å². The number of rotatable bonds is 6. The Kier molecular flexibility index (Phi) is 6.21. The summed E-state index contributed by atoms with van der Waals surface area (Å²) in [5, 5.41) is 10.9. The van der Waals surface area contributed by atoms with Crippen LogP contribution in [-0.4, -0.2) is 22.2 Å². The van der Waals surface area contributed by atoms with Crippen molar-refractivity contribution in [1.29, 1.82) is 0 Å². The van der Waals surface area contributed by atoms with Crippen LogP contribution in [0.25, 0.3) is 0 Å². The van der Waals surface area contributed by atoms with Gasteiger partial charge in [0.05, 0.1) is 6.10 Å². The monoisotopic (exact) mass is 256 g/mol. The van der Waals surface area contributed by atoms with Gasteiger partial charge in [-0.25, -0.2) is 0 Å². The first kappa shape index (κ1) is 13.7. The molecule has 0 heterocycles. The van der Waals surface area contributed by atoms with Gasteiger partial charge < -0.3 is 5.11 Å². The third-order valence-corrected chi connectivity index (χ3v) is 5.98. The molecule has 0 saturated heterocycles. The molecule has 0 aromatic rings. The molecule has 2 heteroatoms. The van der Waals surface area contributed by atoms with E-state index in [1.165, 1.54) is 64.2 Å². The summed E-state index contributed by atoms with van der Waals surface area (Å²) < 4.78 is 0. The molecule has 0 aliphatic heterocycles. The van der Waals surface area contributed by atoms with Crippen molar-refractivity contribution >= 4 is 11.8 Å². The first-order valence-corrected chi connectivity index (χ1v) is 8.69.